The standard InChI is InChI=1S/C21H23N3O5S/c1-15(13-24(21(26)27)14-20(25)16-5-3-2-4-6-16)23-30(28,29)19-8-7-18-12-22-10-9-17(18)11-19/h2-12,15,20,23,25H,13-14H2,1H3,(H,26,27)/t15-,20-/m1/s1. The monoisotopic (exact) mass is 429 g/mol. The van der Waals surface area contributed by atoms with E-state index in [1.807, 2.05) is 0 Å². The maximum atomic E-state index is 12.7. The molecule has 3 aromatic rings. The van der Waals surface area contributed by atoms with Crippen LogP contribution in [0.4, 0.5) is 4.79 Å². The number of carboxylic acid groups (broad SMARTS) is 1. The third-order valence-electron chi connectivity index (χ3n) is 4.62. The van der Waals surface area contributed by atoms with Crippen molar-refractivity contribution in [2.24, 2.45) is 0 Å². The third-order valence-corrected chi connectivity index (χ3v) is 6.21. The van der Waals surface area contributed by atoms with E-state index >= 15 is 0 Å². The van der Waals surface area contributed by atoms with Crippen molar-refractivity contribution in [2.75, 3.05) is 13.1 Å². The highest BCUT2D eigenvalue weighted by Gasteiger charge is 2.23. The van der Waals surface area contributed by atoms with E-state index in [-0.39, 0.29) is 18.0 Å². The summed E-state index contributed by atoms with van der Waals surface area (Å²) in [5.41, 5.74) is 0.586. The Morgan fingerprint density at radius 1 is 1.10 bits per heavy atom. The van der Waals surface area contributed by atoms with E-state index in [9.17, 15) is 23.4 Å². The number of rotatable bonds is 8. The second kappa shape index (κ2) is 9.21. The van der Waals surface area contributed by atoms with Gasteiger partial charge in [-0.1, -0.05) is 36.4 Å². The number of hydrogen-bond acceptors (Lipinski definition) is 5. The summed E-state index contributed by atoms with van der Waals surface area (Å²) in [5.74, 6) is 0. The number of hydrogen-bond donors (Lipinski definition) is 3. The minimum absolute atomic E-state index is 0.0826. The van der Waals surface area contributed by atoms with Crippen LogP contribution in [0.2, 0.25) is 0 Å². The molecule has 3 N–H and O–H groups in total. The van der Waals surface area contributed by atoms with Gasteiger partial charge in [-0.25, -0.2) is 17.9 Å². The van der Waals surface area contributed by atoms with Crippen LogP contribution >= 0.6 is 0 Å². The largest absolute Gasteiger partial charge is 0.465 e. The van der Waals surface area contributed by atoms with Gasteiger partial charge in [0, 0.05) is 30.4 Å². The van der Waals surface area contributed by atoms with Crippen molar-refractivity contribution in [2.45, 2.75) is 24.0 Å². The number of carbonyl (C=O) groups is 1. The first kappa shape index (κ1) is 21.7. The molecule has 0 aliphatic heterocycles. The summed E-state index contributed by atoms with van der Waals surface area (Å²) < 4.78 is 28.0. The van der Waals surface area contributed by atoms with E-state index in [4.69, 9.17) is 0 Å². The van der Waals surface area contributed by atoms with Gasteiger partial charge < -0.3 is 15.1 Å². The lowest BCUT2D eigenvalue weighted by Gasteiger charge is -2.26. The summed E-state index contributed by atoms with van der Waals surface area (Å²) in [5, 5.41) is 21.3. The molecule has 0 fully saturated rings. The van der Waals surface area contributed by atoms with E-state index in [0.29, 0.717) is 5.56 Å². The van der Waals surface area contributed by atoms with Crippen molar-refractivity contribution in [1.82, 2.24) is 14.6 Å². The van der Waals surface area contributed by atoms with Crippen molar-refractivity contribution in [3.05, 3.63) is 72.6 Å². The molecular formula is C21H23N3O5S. The molecule has 0 bridgehead atoms. The molecule has 0 saturated carbocycles. The molecule has 0 unspecified atom stereocenters. The predicted molar refractivity (Wildman–Crippen MR) is 113 cm³/mol. The molecular weight excluding hydrogens is 406 g/mol. The summed E-state index contributed by atoms with van der Waals surface area (Å²) in [7, 11) is -3.86. The lowest BCUT2D eigenvalue weighted by Crippen LogP contribution is -2.45. The van der Waals surface area contributed by atoms with Crippen LogP contribution in [-0.4, -0.2) is 53.7 Å². The quantitative estimate of drug-likeness (QED) is 0.506. The first-order chi connectivity index (χ1) is 14.3. The topological polar surface area (TPSA) is 120 Å². The number of amides is 1. The molecule has 0 radical (unpaired) electrons. The summed E-state index contributed by atoms with van der Waals surface area (Å²) >= 11 is 0. The predicted octanol–water partition coefficient (Wildman–Crippen LogP) is 2.62. The minimum atomic E-state index is -3.86. The van der Waals surface area contributed by atoms with Gasteiger partial charge in [0.05, 0.1) is 17.5 Å². The number of pyridine rings is 1. The highest BCUT2D eigenvalue weighted by Crippen LogP contribution is 2.19. The van der Waals surface area contributed by atoms with E-state index in [1.165, 1.54) is 6.07 Å². The van der Waals surface area contributed by atoms with Gasteiger partial charge in [0.2, 0.25) is 10.0 Å². The van der Waals surface area contributed by atoms with E-state index in [1.54, 1.807) is 67.8 Å². The molecule has 9 heteroatoms. The van der Waals surface area contributed by atoms with Crippen molar-refractivity contribution < 1.29 is 23.4 Å². The Balaban J connectivity index is 1.69. The van der Waals surface area contributed by atoms with Gasteiger partial charge in [-0.05, 0) is 36.1 Å². The average molecular weight is 429 g/mol. The average Bonchev–Trinajstić information content (AvgIpc) is 2.73. The molecule has 3 rings (SSSR count). The summed E-state index contributed by atoms with van der Waals surface area (Å²) in [4.78, 5) is 16.7. The number of nitrogens with zero attached hydrogens (tertiary/aromatic N) is 2. The number of sulfonamides is 1. The van der Waals surface area contributed by atoms with Gasteiger partial charge in [-0.3, -0.25) is 4.98 Å². The Morgan fingerprint density at radius 3 is 2.53 bits per heavy atom. The smallest absolute Gasteiger partial charge is 0.407 e. The summed E-state index contributed by atoms with van der Waals surface area (Å²) in [6, 6.07) is 14.4. The lowest BCUT2D eigenvalue weighted by molar-refractivity contribution is 0.0939. The van der Waals surface area contributed by atoms with Crippen molar-refractivity contribution in [1.29, 1.82) is 0 Å². The van der Waals surface area contributed by atoms with E-state index < -0.39 is 28.3 Å². The number of aliphatic hydroxyl groups excluding tert-OH is 1. The summed E-state index contributed by atoms with van der Waals surface area (Å²) in [6.07, 6.45) is 0.969. The maximum Gasteiger partial charge on any atom is 0.407 e. The van der Waals surface area contributed by atoms with E-state index in [2.05, 4.69) is 9.71 Å². The first-order valence-corrected chi connectivity index (χ1v) is 10.8. The van der Waals surface area contributed by atoms with Crippen LogP contribution in [0.1, 0.15) is 18.6 Å². The van der Waals surface area contributed by atoms with Gasteiger partial charge in [-0.2, -0.15) is 0 Å². The summed E-state index contributed by atoms with van der Waals surface area (Å²) in [6.45, 7) is 1.29. The number of benzene rings is 2. The second-order valence-corrected chi connectivity index (χ2v) is 8.73. The second-order valence-electron chi connectivity index (χ2n) is 7.02. The van der Waals surface area contributed by atoms with Crippen LogP contribution in [0, 0.1) is 0 Å². The van der Waals surface area contributed by atoms with Crippen LogP contribution in [0.15, 0.2) is 71.9 Å². The maximum absolute atomic E-state index is 12.7. The van der Waals surface area contributed by atoms with Crippen LogP contribution < -0.4 is 4.72 Å². The fourth-order valence-electron chi connectivity index (χ4n) is 3.15. The van der Waals surface area contributed by atoms with Gasteiger partial charge in [0.1, 0.15) is 0 Å². The first-order valence-electron chi connectivity index (χ1n) is 9.33. The number of aliphatic hydroxyl groups is 1. The Kier molecular flexibility index (Phi) is 6.66. The molecule has 158 valence electrons. The van der Waals surface area contributed by atoms with Gasteiger partial charge in [0.25, 0.3) is 0 Å². The lowest BCUT2D eigenvalue weighted by atomic mass is 10.1. The molecule has 0 aliphatic rings. The third kappa shape index (κ3) is 5.32. The Hall–Kier alpha value is -3.01. The van der Waals surface area contributed by atoms with Crippen LogP contribution in [0.3, 0.4) is 0 Å². The van der Waals surface area contributed by atoms with Crippen LogP contribution in [0.25, 0.3) is 10.8 Å². The van der Waals surface area contributed by atoms with Gasteiger partial charge in [-0.15, -0.1) is 0 Å². The molecule has 0 aliphatic carbocycles. The zero-order valence-electron chi connectivity index (χ0n) is 16.3. The molecule has 1 aromatic heterocycles. The molecule has 2 atom stereocenters. The molecule has 0 spiro atoms. The van der Waals surface area contributed by atoms with Crippen molar-refractivity contribution in [3.8, 4) is 0 Å². The minimum Gasteiger partial charge on any atom is -0.465 e. The highest BCUT2D eigenvalue weighted by atomic mass is 32.2. The van der Waals surface area contributed by atoms with Crippen LogP contribution in [0.5, 0.6) is 0 Å². The molecule has 2 aromatic carbocycles. The normalized spacial score (nSPS) is 13.7. The van der Waals surface area contributed by atoms with Gasteiger partial charge in [0.15, 0.2) is 0 Å². The molecule has 1 heterocycles. The number of aromatic nitrogens is 1. The fourth-order valence-corrected chi connectivity index (χ4v) is 4.42. The van der Waals surface area contributed by atoms with Crippen molar-refractivity contribution in [3.63, 3.8) is 0 Å². The van der Waals surface area contributed by atoms with Crippen LogP contribution in [-0.2, 0) is 10.0 Å². The molecule has 30 heavy (non-hydrogen) atoms. The van der Waals surface area contributed by atoms with Gasteiger partial charge >= 0.3 is 6.09 Å². The molecule has 8 nitrogen and oxygen atoms in total. The highest BCUT2D eigenvalue weighted by molar-refractivity contribution is 7.89. The Morgan fingerprint density at radius 2 is 1.83 bits per heavy atom. The number of nitrogens with one attached hydrogen (secondary N) is 1. The van der Waals surface area contributed by atoms with E-state index in [0.717, 1.165) is 15.7 Å². The zero-order valence-corrected chi connectivity index (χ0v) is 17.2. The molecule has 0 saturated heterocycles. The Bertz CT molecular complexity index is 1120. The fraction of sp³-hybridized carbons (Fsp3) is 0.238. The zero-order chi connectivity index (χ0) is 21.7. The number of fused-ring (bicyclic) bond motifs is 1. The Labute approximate surface area is 174 Å². The SMILES string of the molecule is C[C@H](CN(C[C@@H](O)c1ccccc1)C(=O)O)NS(=O)(=O)c1ccc2cnccc2c1. The molecule has 1 amide bonds. The van der Waals surface area contributed by atoms with Crippen molar-refractivity contribution >= 4 is 26.9 Å².